The zero-order chi connectivity index (χ0) is 10.8. The fourth-order valence-corrected chi connectivity index (χ4v) is 0.701. The lowest BCUT2D eigenvalue weighted by molar-refractivity contribution is -0.144. The molecule has 0 heterocycles. The monoisotopic (exact) mass is 223 g/mol. The van der Waals surface area contributed by atoms with E-state index in [9.17, 15) is 4.79 Å². The molecule has 0 saturated carbocycles. The molecule has 0 spiro atoms. The van der Waals surface area contributed by atoms with Crippen molar-refractivity contribution in [3.8, 4) is 0 Å². The number of ether oxygens (including phenoxy) is 3. The van der Waals surface area contributed by atoms with Crippen LogP contribution in [0.2, 0.25) is 0 Å². The minimum absolute atomic E-state index is 0.222. The van der Waals surface area contributed by atoms with Crippen LogP contribution >= 0.6 is 11.6 Å². The second-order valence-corrected chi connectivity index (χ2v) is 3.16. The third-order valence-electron chi connectivity index (χ3n) is 1.31. The van der Waals surface area contributed by atoms with Gasteiger partial charge >= 0.3 is 5.97 Å². The molecule has 0 aliphatic rings. The highest BCUT2D eigenvalue weighted by Gasteiger charge is 2.09. The van der Waals surface area contributed by atoms with Gasteiger partial charge in [-0.3, -0.25) is 4.79 Å². The normalized spacial score (nSPS) is 12.5. The number of hydrogen-bond donors (Lipinski definition) is 0. The highest BCUT2D eigenvalue weighted by Crippen LogP contribution is 1.96. The lowest BCUT2D eigenvalue weighted by atomic mass is 10.5. The highest BCUT2D eigenvalue weighted by atomic mass is 35.5. The Balaban J connectivity index is 3.10. The fraction of sp³-hybridized carbons (Fsp3) is 0.778. The van der Waals surface area contributed by atoms with Crippen LogP contribution in [-0.2, 0) is 19.0 Å². The summed E-state index contributed by atoms with van der Waals surface area (Å²) < 4.78 is 14.8. The van der Waals surface area contributed by atoms with Gasteiger partial charge < -0.3 is 14.2 Å². The van der Waals surface area contributed by atoms with E-state index in [1.807, 2.05) is 0 Å². The first-order chi connectivity index (χ1) is 6.68. The van der Waals surface area contributed by atoms with Crippen LogP contribution in [0.25, 0.3) is 0 Å². The minimum atomic E-state index is -0.607. The molecule has 5 heteroatoms. The van der Waals surface area contributed by atoms with E-state index in [0.717, 1.165) is 0 Å². The Morgan fingerprint density at radius 3 is 2.43 bits per heavy atom. The SMILES string of the molecule is [CH2]COCCOCCOC(=O)C(C)Cl. The largest absolute Gasteiger partial charge is 0.462 e. The number of carbonyl (C=O) groups is 1. The van der Waals surface area contributed by atoms with Crippen LogP contribution in [0.3, 0.4) is 0 Å². The highest BCUT2D eigenvalue weighted by molar-refractivity contribution is 6.29. The average molecular weight is 224 g/mol. The summed E-state index contributed by atoms with van der Waals surface area (Å²) in [6, 6.07) is 0. The summed E-state index contributed by atoms with van der Waals surface area (Å²) in [5.41, 5.74) is 0. The van der Waals surface area contributed by atoms with Crippen molar-refractivity contribution in [2.45, 2.75) is 12.3 Å². The predicted octanol–water partition coefficient (Wildman–Crippen LogP) is 1.02. The van der Waals surface area contributed by atoms with Crippen LogP contribution < -0.4 is 0 Å². The molecule has 14 heavy (non-hydrogen) atoms. The van der Waals surface area contributed by atoms with E-state index in [0.29, 0.717) is 26.4 Å². The lowest BCUT2D eigenvalue weighted by Gasteiger charge is -2.06. The van der Waals surface area contributed by atoms with Crippen molar-refractivity contribution in [2.75, 3.05) is 33.0 Å². The van der Waals surface area contributed by atoms with Gasteiger partial charge in [0.1, 0.15) is 12.0 Å². The Labute approximate surface area is 89.5 Å². The van der Waals surface area contributed by atoms with Crippen LogP contribution in [-0.4, -0.2) is 44.4 Å². The molecule has 0 aromatic heterocycles. The molecule has 1 unspecified atom stereocenters. The van der Waals surface area contributed by atoms with Crippen molar-refractivity contribution in [1.82, 2.24) is 0 Å². The molecule has 1 atom stereocenters. The zero-order valence-corrected chi connectivity index (χ0v) is 9.09. The molecular formula is C9H16ClO4. The second kappa shape index (κ2) is 9.24. The third-order valence-corrected chi connectivity index (χ3v) is 1.49. The summed E-state index contributed by atoms with van der Waals surface area (Å²) in [7, 11) is 0. The molecule has 0 fully saturated rings. The first-order valence-electron chi connectivity index (χ1n) is 4.44. The Kier molecular flexibility index (Phi) is 9.03. The number of hydrogen-bond acceptors (Lipinski definition) is 4. The molecule has 0 aromatic carbocycles. The zero-order valence-electron chi connectivity index (χ0n) is 8.33. The Morgan fingerprint density at radius 1 is 1.29 bits per heavy atom. The minimum Gasteiger partial charge on any atom is -0.462 e. The smallest absolute Gasteiger partial charge is 0.323 e. The maximum atomic E-state index is 10.8. The summed E-state index contributed by atoms with van der Waals surface area (Å²) in [4.78, 5) is 10.8. The van der Waals surface area contributed by atoms with E-state index in [-0.39, 0.29) is 6.61 Å². The molecule has 0 amide bonds. The van der Waals surface area contributed by atoms with Crippen LogP contribution in [0.1, 0.15) is 6.92 Å². The van der Waals surface area contributed by atoms with Gasteiger partial charge in [-0.15, -0.1) is 11.6 Å². The number of carbonyl (C=O) groups excluding carboxylic acids is 1. The molecule has 0 aliphatic heterocycles. The first-order valence-corrected chi connectivity index (χ1v) is 4.87. The number of alkyl halides is 1. The van der Waals surface area contributed by atoms with Crippen molar-refractivity contribution >= 4 is 17.6 Å². The van der Waals surface area contributed by atoms with E-state index >= 15 is 0 Å². The van der Waals surface area contributed by atoms with Gasteiger partial charge in [-0.2, -0.15) is 0 Å². The fourth-order valence-electron chi connectivity index (χ4n) is 0.638. The molecule has 1 radical (unpaired) electrons. The van der Waals surface area contributed by atoms with Crippen LogP contribution in [0.5, 0.6) is 0 Å². The van der Waals surface area contributed by atoms with Crippen molar-refractivity contribution in [2.24, 2.45) is 0 Å². The van der Waals surface area contributed by atoms with E-state index in [4.69, 9.17) is 25.8 Å². The van der Waals surface area contributed by atoms with E-state index in [1.165, 1.54) is 0 Å². The van der Waals surface area contributed by atoms with Crippen molar-refractivity contribution in [1.29, 1.82) is 0 Å². The summed E-state index contributed by atoms with van der Waals surface area (Å²) >= 11 is 5.47. The maximum Gasteiger partial charge on any atom is 0.323 e. The first kappa shape index (κ1) is 13.7. The summed E-state index contributed by atoms with van der Waals surface area (Å²) in [6.45, 7) is 7.05. The number of esters is 1. The Hall–Kier alpha value is -0.320. The van der Waals surface area contributed by atoms with Gasteiger partial charge in [0.25, 0.3) is 0 Å². The molecule has 0 N–H and O–H groups in total. The molecule has 83 valence electrons. The van der Waals surface area contributed by atoms with Gasteiger partial charge in [-0.1, -0.05) is 0 Å². The van der Waals surface area contributed by atoms with Gasteiger partial charge in [0.15, 0.2) is 0 Å². The van der Waals surface area contributed by atoms with Crippen molar-refractivity contribution in [3.05, 3.63) is 6.92 Å². The number of rotatable bonds is 8. The van der Waals surface area contributed by atoms with E-state index < -0.39 is 11.3 Å². The van der Waals surface area contributed by atoms with Crippen LogP contribution in [0.4, 0.5) is 0 Å². The Bertz CT molecular complexity index is 150. The van der Waals surface area contributed by atoms with Crippen LogP contribution in [0.15, 0.2) is 0 Å². The van der Waals surface area contributed by atoms with Gasteiger partial charge in [-0.05, 0) is 13.8 Å². The molecule has 4 nitrogen and oxygen atoms in total. The lowest BCUT2D eigenvalue weighted by Crippen LogP contribution is -2.18. The summed E-state index contributed by atoms with van der Waals surface area (Å²) in [6.07, 6.45) is 0. The quantitative estimate of drug-likeness (QED) is 0.350. The second-order valence-electron chi connectivity index (χ2n) is 2.51. The molecule has 0 aromatic rings. The molecule has 0 rings (SSSR count). The maximum absolute atomic E-state index is 10.8. The molecule has 0 saturated heterocycles. The summed E-state index contributed by atoms with van der Waals surface area (Å²) in [5.74, 6) is -0.427. The van der Waals surface area contributed by atoms with Gasteiger partial charge in [0.05, 0.1) is 19.8 Å². The summed E-state index contributed by atoms with van der Waals surface area (Å²) in [5, 5.41) is -0.607. The van der Waals surface area contributed by atoms with E-state index in [2.05, 4.69) is 6.92 Å². The van der Waals surface area contributed by atoms with Gasteiger partial charge in [0, 0.05) is 6.61 Å². The van der Waals surface area contributed by atoms with Crippen molar-refractivity contribution < 1.29 is 19.0 Å². The van der Waals surface area contributed by atoms with Gasteiger partial charge in [-0.25, -0.2) is 0 Å². The Morgan fingerprint density at radius 2 is 1.86 bits per heavy atom. The molecule has 0 aliphatic carbocycles. The standard InChI is InChI=1S/C9H16ClO4/c1-3-12-4-5-13-6-7-14-9(11)8(2)10/h8H,1,3-7H2,2H3. The molecule has 0 bridgehead atoms. The van der Waals surface area contributed by atoms with E-state index in [1.54, 1.807) is 6.92 Å². The predicted molar refractivity (Wildman–Crippen MR) is 53.3 cm³/mol. The number of halogens is 1. The van der Waals surface area contributed by atoms with Crippen molar-refractivity contribution in [3.63, 3.8) is 0 Å². The topological polar surface area (TPSA) is 44.8 Å². The third kappa shape index (κ3) is 8.29. The average Bonchev–Trinajstić information content (AvgIpc) is 2.16. The van der Waals surface area contributed by atoms with Crippen LogP contribution in [0, 0.1) is 6.92 Å². The molecular weight excluding hydrogens is 208 g/mol. The van der Waals surface area contributed by atoms with Gasteiger partial charge in [0.2, 0.25) is 0 Å².